The summed E-state index contributed by atoms with van der Waals surface area (Å²) in [6, 6.07) is 7.67. The number of rotatable bonds is 2. The summed E-state index contributed by atoms with van der Waals surface area (Å²) in [6.07, 6.45) is 5.00. The number of halogens is 2. The third kappa shape index (κ3) is 2.50. The molecule has 0 saturated heterocycles. The van der Waals surface area contributed by atoms with Crippen molar-refractivity contribution < 1.29 is 0 Å². The highest BCUT2D eigenvalue weighted by Crippen LogP contribution is 2.25. The molecule has 2 heterocycles. The molecule has 0 N–H and O–H groups in total. The highest BCUT2D eigenvalue weighted by molar-refractivity contribution is 9.10. The van der Waals surface area contributed by atoms with Crippen molar-refractivity contribution in [1.82, 2.24) is 24.5 Å². The van der Waals surface area contributed by atoms with Crippen LogP contribution in [-0.4, -0.2) is 24.5 Å². The zero-order valence-electron chi connectivity index (χ0n) is 9.53. The van der Waals surface area contributed by atoms with Crippen LogP contribution in [0, 0.1) is 0 Å². The third-order valence-electron chi connectivity index (χ3n) is 2.45. The fourth-order valence-electron chi connectivity index (χ4n) is 1.60. The van der Waals surface area contributed by atoms with E-state index in [2.05, 4.69) is 35.9 Å². The number of imidazole rings is 1. The lowest BCUT2D eigenvalue weighted by Gasteiger charge is -2.06. The maximum atomic E-state index is 5.96. The molecule has 5 nitrogen and oxygen atoms in total. The number of benzene rings is 1. The van der Waals surface area contributed by atoms with Crippen molar-refractivity contribution in [2.75, 3.05) is 0 Å². The molecule has 94 valence electrons. The highest BCUT2D eigenvalue weighted by Gasteiger charge is 2.10. The van der Waals surface area contributed by atoms with Gasteiger partial charge in [0.05, 0.1) is 0 Å². The SMILES string of the molecule is Clc1nc(-c2ccccc2Br)nc(-n2ccnc2)n1. The van der Waals surface area contributed by atoms with Crippen molar-refractivity contribution in [1.29, 1.82) is 0 Å². The van der Waals surface area contributed by atoms with Gasteiger partial charge in [-0.15, -0.1) is 0 Å². The Kier molecular flexibility index (Phi) is 3.27. The maximum absolute atomic E-state index is 5.96. The molecule has 0 aliphatic carbocycles. The van der Waals surface area contributed by atoms with Crippen LogP contribution in [0.15, 0.2) is 47.5 Å². The number of hydrogen-bond acceptors (Lipinski definition) is 4. The van der Waals surface area contributed by atoms with Crippen molar-refractivity contribution in [2.24, 2.45) is 0 Å². The molecule has 0 spiro atoms. The van der Waals surface area contributed by atoms with Gasteiger partial charge in [-0.05, 0) is 17.7 Å². The van der Waals surface area contributed by atoms with E-state index in [0.717, 1.165) is 10.0 Å². The largest absolute Gasteiger partial charge is 0.274 e. The van der Waals surface area contributed by atoms with E-state index in [4.69, 9.17) is 11.6 Å². The van der Waals surface area contributed by atoms with Gasteiger partial charge < -0.3 is 0 Å². The fourth-order valence-corrected chi connectivity index (χ4v) is 2.21. The molecule has 0 aliphatic rings. The molecule has 0 unspecified atom stereocenters. The summed E-state index contributed by atoms with van der Waals surface area (Å²) in [7, 11) is 0. The van der Waals surface area contributed by atoms with E-state index >= 15 is 0 Å². The fraction of sp³-hybridized carbons (Fsp3) is 0. The summed E-state index contributed by atoms with van der Waals surface area (Å²) in [6.45, 7) is 0. The van der Waals surface area contributed by atoms with Crippen LogP contribution in [0.4, 0.5) is 0 Å². The van der Waals surface area contributed by atoms with E-state index in [0.29, 0.717) is 11.8 Å². The molecule has 1 aromatic carbocycles. The van der Waals surface area contributed by atoms with Crippen molar-refractivity contribution in [3.05, 3.63) is 52.7 Å². The molecule has 19 heavy (non-hydrogen) atoms. The van der Waals surface area contributed by atoms with Crippen molar-refractivity contribution >= 4 is 27.5 Å². The molecule has 2 aromatic heterocycles. The molecular formula is C12H7BrClN5. The minimum Gasteiger partial charge on any atom is -0.274 e. The first-order valence-corrected chi connectivity index (χ1v) is 6.56. The number of hydrogen-bond donors (Lipinski definition) is 0. The normalized spacial score (nSPS) is 10.6. The van der Waals surface area contributed by atoms with Crippen LogP contribution >= 0.6 is 27.5 Å². The summed E-state index contributed by atoms with van der Waals surface area (Å²) in [4.78, 5) is 16.6. The van der Waals surface area contributed by atoms with Gasteiger partial charge in [0, 0.05) is 22.4 Å². The zero-order chi connectivity index (χ0) is 13.2. The Labute approximate surface area is 122 Å². The predicted molar refractivity (Wildman–Crippen MR) is 75.1 cm³/mol. The van der Waals surface area contributed by atoms with Crippen molar-refractivity contribution in [3.63, 3.8) is 0 Å². The Balaban J connectivity index is 2.16. The summed E-state index contributed by atoms with van der Waals surface area (Å²) in [5, 5.41) is 0.143. The van der Waals surface area contributed by atoms with Gasteiger partial charge >= 0.3 is 0 Å². The predicted octanol–water partition coefficient (Wildman–Crippen LogP) is 3.14. The third-order valence-corrected chi connectivity index (χ3v) is 3.31. The topological polar surface area (TPSA) is 56.5 Å². The van der Waals surface area contributed by atoms with Gasteiger partial charge in [-0.3, -0.25) is 4.57 Å². The Morgan fingerprint density at radius 1 is 1.11 bits per heavy atom. The summed E-state index contributed by atoms with van der Waals surface area (Å²) in [5.41, 5.74) is 0.855. The zero-order valence-corrected chi connectivity index (χ0v) is 11.9. The van der Waals surface area contributed by atoms with Crippen LogP contribution in [-0.2, 0) is 0 Å². The lowest BCUT2D eigenvalue weighted by Crippen LogP contribution is -2.03. The summed E-state index contributed by atoms with van der Waals surface area (Å²) >= 11 is 9.43. The first kappa shape index (κ1) is 12.3. The quantitative estimate of drug-likeness (QED) is 0.721. The highest BCUT2D eigenvalue weighted by atomic mass is 79.9. The molecule has 0 fully saturated rings. The van der Waals surface area contributed by atoms with E-state index in [1.807, 2.05) is 24.3 Å². The lowest BCUT2D eigenvalue weighted by molar-refractivity contribution is 0.899. The van der Waals surface area contributed by atoms with E-state index in [9.17, 15) is 0 Å². The minimum absolute atomic E-state index is 0.143. The molecule has 0 bridgehead atoms. The van der Waals surface area contributed by atoms with Crippen LogP contribution in [0.3, 0.4) is 0 Å². The van der Waals surface area contributed by atoms with Crippen LogP contribution in [0.2, 0.25) is 5.28 Å². The second-order valence-electron chi connectivity index (χ2n) is 3.68. The average Bonchev–Trinajstić information content (AvgIpc) is 2.92. The second kappa shape index (κ2) is 5.07. The Morgan fingerprint density at radius 3 is 2.68 bits per heavy atom. The molecule has 3 aromatic rings. The molecule has 0 saturated carbocycles. The monoisotopic (exact) mass is 335 g/mol. The van der Waals surface area contributed by atoms with Gasteiger partial charge in [-0.1, -0.05) is 34.1 Å². The van der Waals surface area contributed by atoms with Crippen LogP contribution in [0.1, 0.15) is 0 Å². The summed E-state index contributed by atoms with van der Waals surface area (Å²) < 4.78 is 2.57. The minimum atomic E-state index is 0.143. The van der Waals surface area contributed by atoms with E-state index in [-0.39, 0.29) is 5.28 Å². The Bertz CT molecular complexity index is 714. The first-order chi connectivity index (χ1) is 9.24. The molecule has 0 atom stereocenters. The molecule has 0 radical (unpaired) electrons. The van der Waals surface area contributed by atoms with Gasteiger partial charge in [0.1, 0.15) is 6.33 Å². The van der Waals surface area contributed by atoms with Gasteiger partial charge in [-0.2, -0.15) is 15.0 Å². The number of nitrogens with zero attached hydrogens (tertiary/aromatic N) is 5. The Morgan fingerprint density at radius 2 is 1.95 bits per heavy atom. The van der Waals surface area contributed by atoms with E-state index < -0.39 is 0 Å². The molecule has 3 rings (SSSR count). The van der Waals surface area contributed by atoms with Gasteiger partial charge in [0.2, 0.25) is 11.2 Å². The smallest absolute Gasteiger partial charge is 0.239 e. The van der Waals surface area contributed by atoms with Gasteiger partial charge in [-0.25, -0.2) is 4.98 Å². The lowest BCUT2D eigenvalue weighted by atomic mass is 10.2. The van der Waals surface area contributed by atoms with E-state index in [1.54, 1.807) is 23.3 Å². The van der Waals surface area contributed by atoms with Crippen molar-refractivity contribution in [2.45, 2.75) is 0 Å². The van der Waals surface area contributed by atoms with Gasteiger partial charge in [0.25, 0.3) is 0 Å². The van der Waals surface area contributed by atoms with Crippen LogP contribution < -0.4 is 0 Å². The average molecular weight is 337 g/mol. The van der Waals surface area contributed by atoms with E-state index in [1.165, 1.54) is 0 Å². The molecule has 0 amide bonds. The molecular weight excluding hydrogens is 330 g/mol. The molecule has 0 aliphatic heterocycles. The van der Waals surface area contributed by atoms with Crippen LogP contribution in [0.25, 0.3) is 17.3 Å². The Hall–Kier alpha value is -1.79. The standard InChI is InChI=1S/C12H7BrClN5/c13-9-4-2-1-3-8(9)10-16-11(14)18-12(17-10)19-6-5-15-7-19/h1-7H. The number of aromatic nitrogens is 5. The summed E-state index contributed by atoms with van der Waals surface area (Å²) in [5.74, 6) is 0.944. The maximum Gasteiger partial charge on any atom is 0.239 e. The van der Waals surface area contributed by atoms with Crippen LogP contribution in [0.5, 0.6) is 0 Å². The second-order valence-corrected chi connectivity index (χ2v) is 4.87. The van der Waals surface area contributed by atoms with Crippen molar-refractivity contribution in [3.8, 4) is 17.3 Å². The first-order valence-electron chi connectivity index (χ1n) is 5.39. The molecule has 7 heteroatoms. The van der Waals surface area contributed by atoms with Gasteiger partial charge in [0.15, 0.2) is 5.82 Å².